The van der Waals surface area contributed by atoms with Crippen LogP contribution in [0.5, 0.6) is 0 Å². The molecule has 0 bridgehead atoms. The monoisotopic (exact) mass is 222 g/mol. The number of halogens is 1. The van der Waals surface area contributed by atoms with Crippen LogP contribution in [0.3, 0.4) is 0 Å². The fourth-order valence-electron chi connectivity index (χ4n) is 2.72. The van der Waals surface area contributed by atoms with Gasteiger partial charge in [-0.25, -0.2) is 0 Å². The molecule has 3 rings (SSSR count). The van der Waals surface area contributed by atoms with Crippen molar-refractivity contribution in [3.63, 3.8) is 0 Å². The minimum absolute atomic E-state index is 0.720. The summed E-state index contributed by atoms with van der Waals surface area (Å²) >= 11 is 6.07. The van der Waals surface area contributed by atoms with E-state index in [1.807, 2.05) is 6.07 Å². The average Bonchev–Trinajstić information content (AvgIpc) is 2.62. The van der Waals surface area contributed by atoms with Crippen LogP contribution in [0.1, 0.15) is 19.3 Å². The molecule has 1 unspecified atom stereocenters. The van der Waals surface area contributed by atoms with Crippen molar-refractivity contribution in [2.45, 2.75) is 25.3 Å². The highest BCUT2D eigenvalue weighted by molar-refractivity contribution is 6.31. The van der Waals surface area contributed by atoms with Gasteiger partial charge in [-0.1, -0.05) is 11.6 Å². The lowest BCUT2D eigenvalue weighted by Gasteiger charge is -2.25. The van der Waals surface area contributed by atoms with Gasteiger partial charge in [0.2, 0.25) is 0 Å². The second-order valence-electron chi connectivity index (χ2n) is 4.37. The summed E-state index contributed by atoms with van der Waals surface area (Å²) in [5.41, 5.74) is 2.53. The molecule has 1 fully saturated rings. The Morgan fingerprint density at radius 2 is 2.27 bits per heavy atom. The highest BCUT2D eigenvalue weighted by atomic mass is 35.5. The zero-order chi connectivity index (χ0) is 10.3. The molecule has 2 nitrogen and oxygen atoms in total. The quantitative estimate of drug-likeness (QED) is 0.726. The van der Waals surface area contributed by atoms with Gasteiger partial charge in [0.25, 0.3) is 0 Å². The molecule has 0 spiro atoms. The average molecular weight is 223 g/mol. The molecule has 0 saturated carbocycles. The number of hydrogen-bond donors (Lipinski definition) is 1. The minimum atomic E-state index is 0.720. The Hall–Kier alpha value is -0.890. The van der Waals surface area contributed by atoms with E-state index in [1.165, 1.54) is 37.2 Å². The van der Waals surface area contributed by atoms with Gasteiger partial charge in [-0.05, 0) is 37.5 Å². The van der Waals surface area contributed by atoms with Crippen LogP contribution < -0.4 is 10.2 Å². The molecule has 1 saturated heterocycles. The first-order chi connectivity index (χ1) is 7.34. The smallest absolute Gasteiger partial charge is 0.0619 e. The third-order valence-corrected chi connectivity index (χ3v) is 3.67. The molecule has 0 aromatic heterocycles. The first kappa shape index (κ1) is 9.34. The highest BCUT2D eigenvalue weighted by Crippen LogP contribution is 2.37. The molecule has 1 atom stereocenters. The molecule has 0 radical (unpaired) electrons. The van der Waals surface area contributed by atoms with Gasteiger partial charge < -0.3 is 10.2 Å². The van der Waals surface area contributed by atoms with Gasteiger partial charge in [-0.2, -0.15) is 0 Å². The van der Waals surface area contributed by atoms with Crippen molar-refractivity contribution < 1.29 is 0 Å². The zero-order valence-electron chi connectivity index (χ0n) is 8.67. The summed E-state index contributed by atoms with van der Waals surface area (Å²) in [4.78, 5) is 2.52. The topological polar surface area (TPSA) is 15.3 Å². The van der Waals surface area contributed by atoms with Crippen molar-refractivity contribution in [3.05, 3.63) is 23.2 Å². The molecule has 80 valence electrons. The minimum Gasteiger partial charge on any atom is -0.383 e. The number of anilines is 2. The van der Waals surface area contributed by atoms with Crippen LogP contribution in [-0.2, 0) is 0 Å². The number of hydrogen-bond acceptors (Lipinski definition) is 2. The second-order valence-corrected chi connectivity index (χ2v) is 4.80. The van der Waals surface area contributed by atoms with Gasteiger partial charge >= 0.3 is 0 Å². The van der Waals surface area contributed by atoms with Crippen molar-refractivity contribution in [2.24, 2.45) is 0 Å². The van der Waals surface area contributed by atoms with Crippen LogP contribution in [0, 0.1) is 0 Å². The van der Waals surface area contributed by atoms with E-state index in [1.54, 1.807) is 0 Å². The standard InChI is InChI=1S/C12H15ClN2/c13-9-3-4-11-12(8-9)15-7-1-2-10(15)5-6-14-11/h3-4,8,10,14H,1-2,5-7H2. The van der Waals surface area contributed by atoms with E-state index >= 15 is 0 Å². The fraction of sp³-hybridized carbons (Fsp3) is 0.500. The zero-order valence-corrected chi connectivity index (χ0v) is 9.43. The van der Waals surface area contributed by atoms with E-state index in [-0.39, 0.29) is 0 Å². The van der Waals surface area contributed by atoms with Crippen molar-refractivity contribution in [1.82, 2.24) is 0 Å². The predicted molar refractivity (Wildman–Crippen MR) is 64.9 cm³/mol. The normalized spacial score (nSPS) is 24.1. The highest BCUT2D eigenvalue weighted by Gasteiger charge is 2.28. The van der Waals surface area contributed by atoms with Crippen LogP contribution in [0.2, 0.25) is 5.02 Å². The summed E-state index contributed by atoms with van der Waals surface area (Å²) in [5.74, 6) is 0. The largest absolute Gasteiger partial charge is 0.383 e. The Labute approximate surface area is 95.2 Å². The summed E-state index contributed by atoms with van der Waals surface area (Å²) in [6.45, 7) is 2.26. The van der Waals surface area contributed by atoms with Crippen LogP contribution in [0.4, 0.5) is 11.4 Å². The molecule has 0 aliphatic carbocycles. The van der Waals surface area contributed by atoms with E-state index in [0.29, 0.717) is 0 Å². The first-order valence-corrected chi connectivity index (χ1v) is 6.02. The Balaban J connectivity index is 2.06. The SMILES string of the molecule is Clc1ccc2c(c1)N1CCCC1CCN2. The number of benzene rings is 1. The summed E-state index contributed by atoms with van der Waals surface area (Å²) in [6, 6.07) is 6.87. The van der Waals surface area contributed by atoms with E-state index in [2.05, 4.69) is 22.3 Å². The second kappa shape index (κ2) is 3.60. The number of rotatable bonds is 0. The third kappa shape index (κ3) is 1.57. The molecular weight excluding hydrogens is 208 g/mol. The van der Waals surface area contributed by atoms with Crippen LogP contribution in [-0.4, -0.2) is 19.1 Å². The Kier molecular flexibility index (Phi) is 2.24. The summed E-state index contributed by atoms with van der Waals surface area (Å²) in [5, 5.41) is 4.32. The Bertz CT molecular complexity index is 378. The van der Waals surface area contributed by atoms with Gasteiger partial charge in [-0.3, -0.25) is 0 Å². The lowest BCUT2D eigenvalue weighted by Crippen LogP contribution is -2.28. The predicted octanol–water partition coefficient (Wildman–Crippen LogP) is 3.12. The van der Waals surface area contributed by atoms with Gasteiger partial charge in [0, 0.05) is 24.2 Å². The molecule has 15 heavy (non-hydrogen) atoms. The number of nitrogens with one attached hydrogen (secondary N) is 1. The molecular formula is C12H15ClN2. The van der Waals surface area contributed by atoms with Crippen molar-refractivity contribution in [3.8, 4) is 0 Å². The van der Waals surface area contributed by atoms with Crippen molar-refractivity contribution in [2.75, 3.05) is 23.3 Å². The molecule has 2 heterocycles. The third-order valence-electron chi connectivity index (χ3n) is 3.44. The van der Waals surface area contributed by atoms with Crippen molar-refractivity contribution >= 4 is 23.0 Å². The number of fused-ring (bicyclic) bond motifs is 3. The molecule has 2 aliphatic rings. The van der Waals surface area contributed by atoms with Crippen LogP contribution in [0.25, 0.3) is 0 Å². The van der Waals surface area contributed by atoms with Crippen molar-refractivity contribution in [1.29, 1.82) is 0 Å². The molecule has 1 aromatic carbocycles. The Morgan fingerprint density at radius 3 is 3.20 bits per heavy atom. The van der Waals surface area contributed by atoms with E-state index < -0.39 is 0 Å². The summed E-state index contributed by atoms with van der Waals surface area (Å²) in [6.07, 6.45) is 3.89. The molecule has 3 heteroatoms. The molecule has 2 aliphatic heterocycles. The maximum Gasteiger partial charge on any atom is 0.0619 e. The number of nitrogens with zero attached hydrogens (tertiary/aromatic N) is 1. The van der Waals surface area contributed by atoms with Gasteiger partial charge in [0.15, 0.2) is 0 Å². The summed E-state index contributed by atoms with van der Waals surface area (Å²) in [7, 11) is 0. The Morgan fingerprint density at radius 1 is 1.33 bits per heavy atom. The maximum atomic E-state index is 6.07. The maximum absolute atomic E-state index is 6.07. The van der Waals surface area contributed by atoms with Gasteiger partial charge in [0.05, 0.1) is 11.4 Å². The molecule has 1 N–H and O–H groups in total. The van der Waals surface area contributed by atoms with E-state index in [0.717, 1.165) is 17.6 Å². The van der Waals surface area contributed by atoms with E-state index in [9.17, 15) is 0 Å². The lowest BCUT2D eigenvalue weighted by atomic mass is 10.1. The van der Waals surface area contributed by atoms with Crippen LogP contribution in [0.15, 0.2) is 18.2 Å². The first-order valence-electron chi connectivity index (χ1n) is 5.65. The van der Waals surface area contributed by atoms with Gasteiger partial charge in [-0.15, -0.1) is 0 Å². The molecule has 0 amide bonds. The summed E-state index contributed by atoms with van der Waals surface area (Å²) < 4.78 is 0. The van der Waals surface area contributed by atoms with Gasteiger partial charge in [0.1, 0.15) is 0 Å². The van der Waals surface area contributed by atoms with E-state index in [4.69, 9.17) is 11.6 Å². The lowest BCUT2D eigenvalue weighted by molar-refractivity contribution is 0.638. The van der Waals surface area contributed by atoms with Crippen LogP contribution >= 0.6 is 11.6 Å². The fourth-order valence-corrected chi connectivity index (χ4v) is 2.88. The molecule has 1 aromatic rings.